The molecule has 3 aromatic rings. The number of carboxylic acids is 1. The zero-order valence-electron chi connectivity index (χ0n) is 16.4. The normalized spacial score (nSPS) is 12.1. The van der Waals surface area contributed by atoms with Gasteiger partial charge in [-0.25, -0.2) is 0 Å². The van der Waals surface area contributed by atoms with Crippen LogP contribution in [0.15, 0.2) is 48.5 Å². The lowest BCUT2D eigenvalue weighted by molar-refractivity contribution is -0.136. The van der Waals surface area contributed by atoms with Crippen molar-refractivity contribution in [3.63, 3.8) is 0 Å². The van der Waals surface area contributed by atoms with E-state index in [1.807, 2.05) is 31.2 Å². The maximum atomic E-state index is 13.1. The van der Waals surface area contributed by atoms with E-state index in [9.17, 15) is 9.59 Å². The summed E-state index contributed by atoms with van der Waals surface area (Å²) in [7, 11) is 0. The van der Waals surface area contributed by atoms with Crippen LogP contribution in [0, 0.1) is 12.8 Å². The fraction of sp³-hybridized carbons (Fsp3) is 0.304. The van der Waals surface area contributed by atoms with Gasteiger partial charge in [-0.3, -0.25) is 14.2 Å². The van der Waals surface area contributed by atoms with Gasteiger partial charge in [-0.15, -0.1) is 0 Å². The summed E-state index contributed by atoms with van der Waals surface area (Å²) in [5, 5.41) is 9.92. The number of nitrogens with zero attached hydrogens (tertiary/aromatic N) is 1. The minimum absolute atomic E-state index is 0.0722. The van der Waals surface area contributed by atoms with Crippen LogP contribution in [0.25, 0.3) is 10.9 Å². The number of aromatic nitrogens is 1. The number of aliphatic carboxylic acids is 1. The fourth-order valence-electron chi connectivity index (χ4n) is 3.19. The quantitative estimate of drug-likeness (QED) is 0.647. The van der Waals surface area contributed by atoms with E-state index < -0.39 is 5.97 Å². The average Bonchev–Trinajstić information content (AvgIpc) is 3.02. The van der Waals surface area contributed by atoms with E-state index >= 15 is 0 Å². The van der Waals surface area contributed by atoms with E-state index in [1.165, 1.54) is 0 Å². The molecule has 0 aliphatic carbocycles. The minimum Gasteiger partial charge on any atom is -0.493 e. The third kappa shape index (κ3) is 4.09. The standard InChI is InChI=1S/C23H25NO4/c1-4-15(2)14-28-19-10-8-17(9-11-19)23(27)24-16(3)12-20-18(13-22(25)26)6-5-7-21(20)24/h5-12,15H,4,13-14H2,1-3H3,(H,25,26). The van der Waals surface area contributed by atoms with E-state index in [1.54, 1.807) is 28.8 Å². The van der Waals surface area contributed by atoms with Crippen molar-refractivity contribution in [3.8, 4) is 5.75 Å². The summed E-state index contributed by atoms with van der Waals surface area (Å²) in [6, 6.07) is 14.4. The first-order valence-corrected chi connectivity index (χ1v) is 9.50. The summed E-state index contributed by atoms with van der Waals surface area (Å²) >= 11 is 0. The highest BCUT2D eigenvalue weighted by Gasteiger charge is 2.17. The molecule has 5 heteroatoms. The fourth-order valence-corrected chi connectivity index (χ4v) is 3.19. The van der Waals surface area contributed by atoms with Crippen molar-refractivity contribution in [2.75, 3.05) is 6.61 Å². The van der Waals surface area contributed by atoms with Crippen molar-refractivity contribution < 1.29 is 19.4 Å². The number of carbonyl (C=O) groups is 2. The van der Waals surface area contributed by atoms with Crippen LogP contribution in [0.1, 0.15) is 41.9 Å². The topological polar surface area (TPSA) is 68.5 Å². The second-order valence-corrected chi connectivity index (χ2v) is 7.20. The number of rotatable bonds is 7. The Morgan fingerprint density at radius 2 is 1.86 bits per heavy atom. The van der Waals surface area contributed by atoms with E-state index in [0.29, 0.717) is 23.7 Å². The number of benzene rings is 2. The molecule has 5 nitrogen and oxygen atoms in total. The Hall–Kier alpha value is -3.08. The van der Waals surface area contributed by atoms with Gasteiger partial charge in [0.05, 0.1) is 18.5 Å². The van der Waals surface area contributed by atoms with Crippen LogP contribution in [-0.4, -0.2) is 28.2 Å². The second kappa shape index (κ2) is 8.30. The van der Waals surface area contributed by atoms with Gasteiger partial charge in [-0.2, -0.15) is 0 Å². The molecule has 0 aliphatic heterocycles. The lowest BCUT2D eigenvalue weighted by Gasteiger charge is -2.12. The van der Waals surface area contributed by atoms with E-state index in [0.717, 1.165) is 28.8 Å². The van der Waals surface area contributed by atoms with Crippen LogP contribution in [-0.2, 0) is 11.2 Å². The molecular weight excluding hydrogens is 354 g/mol. The molecule has 2 aromatic carbocycles. The summed E-state index contributed by atoms with van der Waals surface area (Å²) < 4.78 is 7.39. The molecule has 1 N–H and O–H groups in total. The molecule has 0 radical (unpaired) electrons. The van der Waals surface area contributed by atoms with Crippen molar-refractivity contribution in [1.29, 1.82) is 0 Å². The molecule has 1 atom stereocenters. The Balaban J connectivity index is 1.89. The maximum absolute atomic E-state index is 13.1. The number of hydrogen-bond acceptors (Lipinski definition) is 3. The number of hydrogen-bond donors (Lipinski definition) is 1. The van der Waals surface area contributed by atoms with Crippen molar-refractivity contribution >= 4 is 22.8 Å². The van der Waals surface area contributed by atoms with Gasteiger partial charge < -0.3 is 9.84 Å². The zero-order chi connectivity index (χ0) is 20.3. The Bertz CT molecular complexity index is 1000. The Morgan fingerprint density at radius 3 is 2.50 bits per heavy atom. The van der Waals surface area contributed by atoms with Gasteiger partial charge in [0.25, 0.3) is 5.91 Å². The second-order valence-electron chi connectivity index (χ2n) is 7.20. The van der Waals surface area contributed by atoms with Gasteiger partial charge in [0, 0.05) is 16.6 Å². The Labute approximate surface area is 164 Å². The largest absolute Gasteiger partial charge is 0.493 e. The third-order valence-electron chi connectivity index (χ3n) is 5.00. The molecule has 28 heavy (non-hydrogen) atoms. The maximum Gasteiger partial charge on any atom is 0.307 e. The predicted molar refractivity (Wildman–Crippen MR) is 109 cm³/mol. The highest BCUT2D eigenvalue weighted by Crippen LogP contribution is 2.25. The summed E-state index contributed by atoms with van der Waals surface area (Å²) in [6.45, 7) is 6.77. The molecular formula is C23H25NO4. The lowest BCUT2D eigenvalue weighted by Crippen LogP contribution is -2.13. The molecule has 146 valence electrons. The van der Waals surface area contributed by atoms with E-state index in [2.05, 4.69) is 13.8 Å². The molecule has 0 amide bonds. The third-order valence-corrected chi connectivity index (χ3v) is 5.00. The van der Waals surface area contributed by atoms with Crippen LogP contribution in [0.4, 0.5) is 0 Å². The molecule has 0 aliphatic rings. The van der Waals surface area contributed by atoms with Crippen LogP contribution in [0.2, 0.25) is 0 Å². The van der Waals surface area contributed by atoms with E-state index in [4.69, 9.17) is 9.84 Å². The first kappa shape index (κ1) is 19.7. The molecule has 1 heterocycles. The lowest BCUT2D eigenvalue weighted by atomic mass is 10.1. The molecule has 1 aromatic heterocycles. The minimum atomic E-state index is -0.891. The van der Waals surface area contributed by atoms with Gasteiger partial charge in [0.2, 0.25) is 0 Å². The summed E-state index contributed by atoms with van der Waals surface area (Å²) in [4.78, 5) is 24.2. The molecule has 0 saturated heterocycles. The molecule has 0 saturated carbocycles. The van der Waals surface area contributed by atoms with E-state index in [-0.39, 0.29) is 12.3 Å². The molecule has 0 bridgehead atoms. The summed E-state index contributed by atoms with van der Waals surface area (Å²) in [5.41, 5.74) is 2.75. The van der Waals surface area contributed by atoms with Crippen molar-refractivity contribution in [2.24, 2.45) is 5.92 Å². The van der Waals surface area contributed by atoms with Gasteiger partial charge >= 0.3 is 5.97 Å². The van der Waals surface area contributed by atoms with Crippen molar-refractivity contribution in [3.05, 3.63) is 65.4 Å². The van der Waals surface area contributed by atoms with Gasteiger partial charge in [0.1, 0.15) is 5.75 Å². The highest BCUT2D eigenvalue weighted by atomic mass is 16.5. The molecule has 3 rings (SSSR count). The monoisotopic (exact) mass is 379 g/mol. The van der Waals surface area contributed by atoms with Crippen LogP contribution < -0.4 is 4.74 Å². The van der Waals surface area contributed by atoms with Crippen molar-refractivity contribution in [2.45, 2.75) is 33.6 Å². The van der Waals surface area contributed by atoms with Gasteiger partial charge in [-0.05, 0) is 54.8 Å². The number of aryl methyl sites for hydroxylation is 1. The first-order chi connectivity index (χ1) is 13.4. The number of carboxylic acid groups (broad SMARTS) is 1. The number of ether oxygens (including phenoxy) is 1. The highest BCUT2D eigenvalue weighted by molar-refractivity contribution is 6.04. The summed E-state index contributed by atoms with van der Waals surface area (Å²) in [5.74, 6) is 0.190. The number of carbonyl (C=O) groups excluding carboxylic acids is 1. The van der Waals surface area contributed by atoms with Crippen LogP contribution in [0.3, 0.4) is 0 Å². The SMILES string of the molecule is CCC(C)COc1ccc(C(=O)n2c(C)cc3c(CC(=O)O)cccc32)cc1. The summed E-state index contributed by atoms with van der Waals surface area (Å²) in [6.07, 6.45) is 0.984. The molecule has 0 fully saturated rings. The Kier molecular flexibility index (Phi) is 5.83. The Morgan fingerprint density at radius 1 is 1.14 bits per heavy atom. The smallest absolute Gasteiger partial charge is 0.307 e. The van der Waals surface area contributed by atoms with Crippen molar-refractivity contribution in [1.82, 2.24) is 4.57 Å². The first-order valence-electron chi connectivity index (χ1n) is 9.50. The zero-order valence-corrected chi connectivity index (χ0v) is 16.4. The number of fused-ring (bicyclic) bond motifs is 1. The van der Waals surface area contributed by atoms with Crippen LogP contribution >= 0.6 is 0 Å². The van der Waals surface area contributed by atoms with Crippen LogP contribution in [0.5, 0.6) is 5.75 Å². The van der Waals surface area contributed by atoms with Gasteiger partial charge in [0.15, 0.2) is 0 Å². The van der Waals surface area contributed by atoms with Gasteiger partial charge in [-0.1, -0.05) is 32.4 Å². The predicted octanol–water partition coefficient (Wildman–Crippen LogP) is 4.69. The molecule has 0 spiro atoms. The average molecular weight is 379 g/mol. The molecule has 1 unspecified atom stereocenters.